The summed E-state index contributed by atoms with van der Waals surface area (Å²) in [5.74, 6) is 0.751. The third kappa shape index (κ3) is 4.73. The zero-order valence-corrected chi connectivity index (χ0v) is 15.5. The highest BCUT2D eigenvalue weighted by atomic mass is 16.5. The maximum absolute atomic E-state index is 11.6. The van der Waals surface area contributed by atoms with Crippen molar-refractivity contribution in [2.24, 2.45) is 5.92 Å². The van der Waals surface area contributed by atoms with Gasteiger partial charge in [-0.1, -0.05) is 25.5 Å². The molecule has 3 rings (SSSR count). The number of amides is 1. The lowest BCUT2D eigenvalue weighted by atomic mass is 9.89. The largest absolute Gasteiger partial charge is 0.378 e. The van der Waals surface area contributed by atoms with E-state index >= 15 is 0 Å². The van der Waals surface area contributed by atoms with E-state index in [2.05, 4.69) is 41.4 Å². The lowest BCUT2D eigenvalue weighted by Crippen LogP contribution is -2.50. The fourth-order valence-corrected chi connectivity index (χ4v) is 3.90. The average Bonchev–Trinajstić information content (AvgIpc) is 2.67. The second-order valence-corrected chi connectivity index (χ2v) is 7.18. The van der Waals surface area contributed by atoms with Crippen LogP contribution in [0.2, 0.25) is 0 Å². The fraction of sp³-hybridized carbons (Fsp3) is 0.650. The summed E-state index contributed by atoms with van der Waals surface area (Å²) in [6, 6.07) is 9.39. The number of ether oxygens (including phenoxy) is 1. The van der Waals surface area contributed by atoms with Gasteiger partial charge in [-0.3, -0.25) is 4.79 Å². The summed E-state index contributed by atoms with van der Waals surface area (Å²) in [4.78, 5) is 16.0. The first-order valence-corrected chi connectivity index (χ1v) is 9.58. The molecule has 2 heterocycles. The third-order valence-electron chi connectivity index (χ3n) is 5.58. The molecule has 138 valence electrons. The SMILES string of the molecule is CCC1CN(C(C)=O)CCC1NCc1ccc(N2CCOCC2)cc1. The molecule has 0 aromatic heterocycles. The Morgan fingerprint density at radius 1 is 1.20 bits per heavy atom. The van der Waals surface area contributed by atoms with E-state index in [4.69, 9.17) is 4.74 Å². The summed E-state index contributed by atoms with van der Waals surface area (Å²) in [7, 11) is 0. The van der Waals surface area contributed by atoms with E-state index in [-0.39, 0.29) is 5.91 Å². The number of benzene rings is 1. The van der Waals surface area contributed by atoms with Crippen LogP contribution in [-0.2, 0) is 16.1 Å². The Hall–Kier alpha value is -1.59. The summed E-state index contributed by atoms with van der Waals surface area (Å²) in [5, 5.41) is 3.73. The minimum Gasteiger partial charge on any atom is -0.378 e. The number of rotatable bonds is 5. The summed E-state index contributed by atoms with van der Waals surface area (Å²) in [6.07, 6.45) is 2.15. The Bertz CT molecular complexity index is 555. The van der Waals surface area contributed by atoms with Gasteiger partial charge in [-0.2, -0.15) is 0 Å². The molecule has 2 aliphatic heterocycles. The molecule has 2 fully saturated rings. The molecule has 1 amide bonds. The van der Waals surface area contributed by atoms with Crippen molar-refractivity contribution < 1.29 is 9.53 Å². The Labute approximate surface area is 151 Å². The molecule has 0 bridgehead atoms. The molecule has 5 heteroatoms. The Kier molecular flexibility index (Phi) is 6.32. The molecule has 1 N–H and O–H groups in total. The number of carbonyl (C=O) groups is 1. The predicted octanol–water partition coefficient (Wildman–Crippen LogP) is 2.26. The molecule has 2 aliphatic rings. The first-order valence-electron chi connectivity index (χ1n) is 9.58. The minimum atomic E-state index is 0.204. The van der Waals surface area contributed by atoms with Gasteiger partial charge in [0.1, 0.15) is 0 Å². The number of piperidine rings is 1. The standard InChI is InChI=1S/C20H31N3O2/c1-3-18-15-23(16(2)24)9-8-20(18)21-14-17-4-6-19(7-5-17)22-10-12-25-13-11-22/h4-7,18,20-21H,3,8-15H2,1-2H3. The van der Waals surface area contributed by atoms with E-state index in [0.29, 0.717) is 12.0 Å². The lowest BCUT2D eigenvalue weighted by Gasteiger charge is -2.38. The number of anilines is 1. The smallest absolute Gasteiger partial charge is 0.219 e. The van der Waals surface area contributed by atoms with Gasteiger partial charge < -0.3 is 19.9 Å². The molecular weight excluding hydrogens is 314 g/mol. The van der Waals surface area contributed by atoms with Gasteiger partial charge in [-0.25, -0.2) is 0 Å². The molecule has 1 aromatic carbocycles. The van der Waals surface area contributed by atoms with Crippen molar-refractivity contribution in [1.29, 1.82) is 0 Å². The summed E-state index contributed by atoms with van der Waals surface area (Å²) in [5.41, 5.74) is 2.61. The topological polar surface area (TPSA) is 44.8 Å². The van der Waals surface area contributed by atoms with Crippen molar-refractivity contribution in [3.05, 3.63) is 29.8 Å². The molecule has 5 nitrogen and oxygen atoms in total. The molecular formula is C20H31N3O2. The second kappa shape index (κ2) is 8.68. The van der Waals surface area contributed by atoms with E-state index in [0.717, 1.165) is 58.8 Å². The number of nitrogens with one attached hydrogen (secondary N) is 1. The van der Waals surface area contributed by atoms with Crippen LogP contribution in [0.5, 0.6) is 0 Å². The maximum atomic E-state index is 11.6. The van der Waals surface area contributed by atoms with Crippen LogP contribution < -0.4 is 10.2 Å². The van der Waals surface area contributed by atoms with Crippen LogP contribution in [0, 0.1) is 5.92 Å². The summed E-state index contributed by atoms with van der Waals surface area (Å²) >= 11 is 0. The van der Waals surface area contributed by atoms with Crippen molar-refractivity contribution in [2.75, 3.05) is 44.3 Å². The summed E-state index contributed by atoms with van der Waals surface area (Å²) in [6.45, 7) is 10.1. The van der Waals surface area contributed by atoms with Gasteiger partial charge in [0.15, 0.2) is 0 Å². The average molecular weight is 345 g/mol. The van der Waals surface area contributed by atoms with Crippen molar-refractivity contribution in [2.45, 2.75) is 39.3 Å². The van der Waals surface area contributed by atoms with Crippen molar-refractivity contribution in [3.8, 4) is 0 Å². The monoisotopic (exact) mass is 345 g/mol. The zero-order valence-electron chi connectivity index (χ0n) is 15.5. The van der Waals surface area contributed by atoms with E-state index in [1.54, 1.807) is 6.92 Å². The quantitative estimate of drug-likeness (QED) is 0.889. The summed E-state index contributed by atoms with van der Waals surface area (Å²) < 4.78 is 5.42. The Balaban J connectivity index is 1.51. The van der Waals surface area contributed by atoms with E-state index < -0.39 is 0 Å². The number of likely N-dealkylation sites (tertiary alicyclic amines) is 1. The van der Waals surface area contributed by atoms with E-state index in [1.807, 2.05) is 4.90 Å². The molecule has 0 aliphatic carbocycles. The second-order valence-electron chi connectivity index (χ2n) is 7.18. The highest BCUT2D eigenvalue weighted by Gasteiger charge is 2.28. The number of hydrogen-bond acceptors (Lipinski definition) is 4. The first kappa shape index (κ1) is 18.2. The van der Waals surface area contributed by atoms with Crippen LogP contribution >= 0.6 is 0 Å². The van der Waals surface area contributed by atoms with Crippen LogP contribution in [0.1, 0.15) is 32.3 Å². The van der Waals surface area contributed by atoms with Crippen LogP contribution in [-0.4, -0.2) is 56.2 Å². The first-order chi connectivity index (χ1) is 12.2. The lowest BCUT2D eigenvalue weighted by molar-refractivity contribution is -0.131. The van der Waals surface area contributed by atoms with Gasteiger partial charge in [-0.15, -0.1) is 0 Å². The number of nitrogens with zero attached hydrogens (tertiary/aromatic N) is 2. The Morgan fingerprint density at radius 3 is 2.56 bits per heavy atom. The van der Waals surface area contributed by atoms with E-state index in [9.17, 15) is 4.79 Å². The zero-order chi connectivity index (χ0) is 17.6. The predicted molar refractivity (Wildman–Crippen MR) is 101 cm³/mol. The van der Waals surface area contributed by atoms with Crippen LogP contribution in [0.4, 0.5) is 5.69 Å². The molecule has 0 radical (unpaired) electrons. The van der Waals surface area contributed by atoms with Gasteiger partial charge in [0.25, 0.3) is 0 Å². The van der Waals surface area contributed by atoms with Crippen LogP contribution in [0.3, 0.4) is 0 Å². The van der Waals surface area contributed by atoms with Gasteiger partial charge in [-0.05, 0) is 30.0 Å². The number of hydrogen-bond donors (Lipinski definition) is 1. The van der Waals surface area contributed by atoms with Gasteiger partial charge in [0.05, 0.1) is 13.2 Å². The van der Waals surface area contributed by atoms with Crippen molar-refractivity contribution in [1.82, 2.24) is 10.2 Å². The van der Waals surface area contributed by atoms with Crippen LogP contribution in [0.15, 0.2) is 24.3 Å². The van der Waals surface area contributed by atoms with Crippen molar-refractivity contribution in [3.63, 3.8) is 0 Å². The molecule has 0 saturated carbocycles. The van der Waals surface area contributed by atoms with Gasteiger partial charge in [0, 0.05) is 51.4 Å². The minimum absolute atomic E-state index is 0.204. The third-order valence-corrected chi connectivity index (χ3v) is 5.58. The maximum Gasteiger partial charge on any atom is 0.219 e. The van der Waals surface area contributed by atoms with Gasteiger partial charge >= 0.3 is 0 Å². The molecule has 25 heavy (non-hydrogen) atoms. The molecule has 2 saturated heterocycles. The highest BCUT2D eigenvalue weighted by molar-refractivity contribution is 5.73. The van der Waals surface area contributed by atoms with Gasteiger partial charge in [0.2, 0.25) is 5.91 Å². The normalized spacial score (nSPS) is 24.4. The molecule has 1 aromatic rings. The molecule has 0 spiro atoms. The fourth-order valence-electron chi connectivity index (χ4n) is 3.90. The molecule has 2 unspecified atom stereocenters. The number of morpholine rings is 1. The number of carbonyl (C=O) groups excluding carboxylic acids is 1. The Morgan fingerprint density at radius 2 is 1.92 bits per heavy atom. The van der Waals surface area contributed by atoms with Crippen molar-refractivity contribution >= 4 is 11.6 Å². The van der Waals surface area contributed by atoms with E-state index in [1.165, 1.54) is 11.3 Å². The van der Waals surface area contributed by atoms with Crippen LogP contribution in [0.25, 0.3) is 0 Å². The molecule has 2 atom stereocenters. The highest BCUT2D eigenvalue weighted by Crippen LogP contribution is 2.21.